The molecule has 2 rings (SSSR count). The normalized spacial score (nSPS) is 11.5. The molecule has 0 spiro atoms. The molecule has 136 valence electrons. The van der Waals surface area contributed by atoms with Gasteiger partial charge in [-0.3, -0.25) is 4.79 Å². The summed E-state index contributed by atoms with van der Waals surface area (Å²) in [4.78, 5) is 12.2. The summed E-state index contributed by atoms with van der Waals surface area (Å²) in [5.41, 5.74) is 1.53. The van der Waals surface area contributed by atoms with E-state index in [2.05, 4.69) is 20.2 Å². The molecule has 1 aromatic heterocycles. The number of amides is 1. The van der Waals surface area contributed by atoms with Crippen LogP contribution in [-0.2, 0) is 21.2 Å². The minimum atomic E-state index is -3.64. The third-order valence-electron chi connectivity index (χ3n) is 3.45. The largest absolute Gasteiger partial charge is 0.300 e. The number of nitrogens with zero attached hydrogens (tertiary/aromatic N) is 2. The monoisotopic (exact) mass is 382 g/mol. The fourth-order valence-electron chi connectivity index (χ4n) is 2.17. The number of anilines is 1. The molecule has 0 saturated heterocycles. The first-order chi connectivity index (χ1) is 11.8. The summed E-state index contributed by atoms with van der Waals surface area (Å²) < 4.78 is 27.2. The third kappa shape index (κ3) is 5.58. The molecule has 0 aliphatic rings. The van der Waals surface area contributed by atoms with Gasteiger partial charge in [0.15, 0.2) is 0 Å². The predicted molar refractivity (Wildman–Crippen MR) is 98.3 cm³/mol. The number of hydrogen-bond acceptors (Lipinski definition) is 6. The summed E-state index contributed by atoms with van der Waals surface area (Å²) >= 11 is 1.33. The van der Waals surface area contributed by atoms with Crippen molar-refractivity contribution < 1.29 is 13.2 Å². The summed E-state index contributed by atoms with van der Waals surface area (Å²) in [5.74, 6) is -0.303. The molecule has 1 amide bonds. The van der Waals surface area contributed by atoms with Gasteiger partial charge in [0.05, 0.1) is 4.90 Å². The van der Waals surface area contributed by atoms with Crippen LogP contribution in [0.15, 0.2) is 23.1 Å². The fourth-order valence-corrected chi connectivity index (χ4v) is 4.39. The van der Waals surface area contributed by atoms with Gasteiger partial charge in [0, 0.05) is 19.4 Å². The van der Waals surface area contributed by atoms with Crippen molar-refractivity contribution in [3.63, 3.8) is 0 Å². The number of hydrogen-bond donors (Lipinski definition) is 2. The van der Waals surface area contributed by atoms with E-state index in [9.17, 15) is 13.2 Å². The van der Waals surface area contributed by atoms with Crippen LogP contribution in [0.4, 0.5) is 5.13 Å². The Labute approximate surface area is 151 Å². The zero-order chi connectivity index (χ0) is 18.4. The Morgan fingerprint density at radius 1 is 1.24 bits per heavy atom. The lowest BCUT2D eigenvalue weighted by molar-refractivity contribution is -0.116. The molecule has 0 aliphatic carbocycles. The Bertz CT molecular complexity index is 847. The number of aromatic nitrogens is 2. The maximum Gasteiger partial charge on any atom is 0.240 e. The molecular formula is C16H22N4O3S2. The van der Waals surface area contributed by atoms with Gasteiger partial charge < -0.3 is 5.32 Å². The van der Waals surface area contributed by atoms with E-state index >= 15 is 0 Å². The number of carbonyl (C=O) groups is 1. The van der Waals surface area contributed by atoms with Crippen LogP contribution in [0.2, 0.25) is 0 Å². The third-order valence-corrected chi connectivity index (χ3v) is 5.96. The lowest BCUT2D eigenvalue weighted by Crippen LogP contribution is -2.28. The molecule has 0 radical (unpaired) electrons. The highest BCUT2D eigenvalue weighted by molar-refractivity contribution is 7.89. The van der Waals surface area contributed by atoms with Crippen molar-refractivity contribution >= 4 is 32.4 Å². The minimum Gasteiger partial charge on any atom is -0.300 e. The average molecular weight is 383 g/mol. The molecule has 1 aromatic carbocycles. The average Bonchev–Trinajstić information content (AvgIpc) is 2.97. The first kappa shape index (κ1) is 19.5. The van der Waals surface area contributed by atoms with Gasteiger partial charge in [-0.2, -0.15) is 0 Å². The van der Waals surface area contributed by atoms with Crippen molar-refractivity contribution in [2.45, 2.75) is 44.9 Å². The molecule has 0 saturated carbocycles. The van der Waals surface area contributed by atoms with Crippen LogP contribution < -0.4 is 10.0 Å². The SMILES string of the molecule is CCCc1nnc(NC(=O)CCNS(=O)(=O)c2cc(C)ccc2C)s1. The summed E-state index contributed by atoms with van der Waals surface area (Å²) in [6, 6.07) is 5.24. The molecule has 0 fully saturated rings. The van der Waals surface area contributed by atoms with Gasteiger partial charge in [-0.25, -0.2) is 13.1 Å². The van der Waals surface area contributed by atoms with Crippen molar-refractivity contribution in [3.05, 3.63) is 34.3 Å². The highest BCUT2D eigenvalue weighted by atomic mass is 32.2. The van der Waals surface area contributed by atoms with Gasteiger partial charge in [-0.1, -0.05) is 30.4 Å². The van der Waals surface area contributed by atoms with Gasteiger partial charge in [0.2, 0.25) is 21.1 Å². The van der Waals surface area contributed by atoms with Gasteiger partial charge in [0.25, 0.3) is 0 Å². The smallest absolute Gasteiger partial charge is 0.240 e. The zero-order valence-electron chi connectivity index (χ0n) is 14.5. The topological polar surface area (TPSA) is 101 Å². The molecule has 7 nitrogen and oxygen atoms in total. The molecule has 0 atom stereocenters. The first-order valence-corrected chi connectivity index (χ1v) is 10.3. The minimum absolute atomic E-state index is 0.0160. The fraction of sp³-hybridized carbons (Fsp3) is 0.438. The van der Waals surface area contributed by atoms with Crippen LogP contribution in [0, 0.1) is 13.8 Å². The summed E-state index contributed by atoms with van der Waals surface area (Å²) in [7, 11) is -3.64. The molecule has 1 heterocycles. The predicted octanol–water partition coefficient (Wildman–Crippen LogP) is 2.41. The van der Waals surface area contributed by atoms with Crippen LogP contribution in [0.25, 0.3) is 0 Å². The lowest BCUT2D eigenvalue weighted by atomic mass is 10.2. The van der Waals surface area contributed by atoms with Crippen molar-refractivity contribution in [2.75, 3.05) is 11.9 Å². The number of nitrogens with one attached hydrogen (secondary N) is 2. The number of aryl methyl sites for hydroxylation is 3. The van der Waals surface area contributed by atoms with Crippen LogP contribution in [0.1, 0.15) is 35.9 Å². The molecule has 2 aromatic rings. The highest BCUT2D eigenvalue weighted by Gasteiger charge is 2.17. The second kappa shape index (κ2) is 8.50. The van der Waals surface area contributed by atoms with E-state index < -0.39 is 10.0 Å². The Balaban J connectivity index is 1.88. The number of sulfonamides is 1. The number of benzene rings is 1. The van der Waals surface area contributed by atoms with Gasteiger partial charge in [-0.15, -0.1) is 10.2 Å². The molecule has 2 N–H and O–H groups in total. The van der Waals surface area contributed by atoms with E-state index in [1.54, 1.807) is 19.1 Å². The Morgan fingerprint density at radius 3 is 2.72 bits per heavy atom. The van der Waals surface area contributed by atoms with Crippen molar-refractivity contribution in [1.82, 2.24) is 14.9 Å². The van der Waals surface area contributed by atoms with E-state index in [1.165, 1.54) is 11.3 Å². The summed E-state index contributed by atoms with van der Waals surface area (Å²) in [6.07, 6.45) is 1.80. The van der Waals surface area contributed by atoms with Crippen LogP contribution >= 0.6 is 11.3 Å². The van der Waals surface area contributed by atoms with E-state index in [4.69, 9.17) is 0 Å². The van der Waals surface area contributed by atoms with Gasteiger partial charge in [-0.05, 0) is 37.5 Å². The zero-order valence-corrected chi connectivity index (χ0v) is 16.1. The molecule has 0 unspecified atom stereocenters. The van der Waals surface area contributed by atoms with Crippen LogP contribution in [0.5, 0.6) is 0 Å². The molecule has 9 heteroatoms. The Hall–Kier alpha value is -1.84. The maximum absolute atomic E-state index is 12.4. The Kier molecular flexibility index (Phi) is 6.63. The first-order valence-electron chi connectivity index (χ1n) is 8.01. The van der Waals surface area contributed by atoms with Crippen molar-refractivity contribution in [1.29, 1.82) is 0 Å². The molecule has 0 bridgehead atoms. The summed E-state index contributed by atoms with van der Waals surface area (Å²) in [6.45, 7) is 5.63. The second-order valence-corrected chi connectivity index (χ2v) is 8.51. The van der Waals surface area contributed by atoms with Crippen molar-refractivity contribution in [2.24, 2.45) is 0 Å². The van der Waals surface area contributed by atoms with E-state index in [0.29, 0.717) is 10.7 Å². The molecule has 0 aliphatic heterocycles. The van der Waals surface area contributed by atoms with Crippen LogP contribution in [-0.4, -0.2) is 31.1 Å². The Morgan fingerprint density at radius 2 is 2.00 bits per heavy atom. The van der Waals surface area contributed by atoms with E-state index in [-0.39, 0.29) is 23.8 Å². The van der Waals surface area contributed by atoms with E-state index in [1.807, 2.05) is 19.9 Å². The quantitative estimate of drug-likeness (QED) is 0.730. The second-order valence-electron chi connectivity index (χ2n) is 5.72. The maximum atomic E-state index is 12.4. The number of rotatable bonds is 8. The van der Waals surface area contributed by atoms with Crippen LogP contribution in [0.3, 0.4) is 0 Å². The van der Waals surface area contributed by atoms with E-state index in [0.717, 1.165) is 23.4 Å². The molecular weight excluding hydrogens is 360 g/mol. The summed E-state index contributed by atoms with van der Waals surface area (Å²) in [5, 5.41) is 11.8. The van der Waals surface area contributed by atoms with Gasteiger partial charge >= 0.3 is 0 Å². The number of carbonyl (C=O) groups excluding carboxylic acids is 1. The van der Waals surface area contributed by atoms with Crippen molar-refractivity contribution in [3.8, 4) is 0 Å². The van der Waals surface area contributed by atoms with Gasteiger partial charge in [0.1, 0.15) is 5.01 Å². The standard InChI is InChI=1S/C16H22N4O3S2/c1-4-5-15-19-20-16(24-15)18-14(21)8-9-17-25(22,23)13-10-11(2)6-7-12(13)3/h6-7,10,17H,4-5,8-9H2,1-3H3,(H,18,20,21). The molecule has 25 heavy (non-hydrogen) atoms. The highest BCUT2D eigenvalue weighted by Crippen LogP contribution is 2.17. The lowest BCUT2D eigenvalue weighted by Gasteiger charge is -2.10.